The molecule has 0 radical (unpaired) electrons. The van der Waals surface area contributed by atoms with Gasteiger partial charge in [-0.15, -0.1) is 0 Å². The van der Waals surface area contributed by atoms with E-state index in [9.17, 15) is 4.79 Å². The molecule has 4 heteroatoms. The maximum Gasteiger partial charge on any atom is 0.248 e. The number of nitrogens with one attached hydrogen (secondary N) is 1. The highest BCUT2D eigenvalue weighted by atomic mass is 16.5. The van der Waals surface area contributed by atoms with Crippen molar-refractivity contribution in [3.05, 3.63) is 65.7 Å². The third-order valence-electron chi connectivity index (χ3n) is 3.60. The van der Waals surface area contributed by atoms with E-state index >= 15 is 0 Å². The van der Waals surface area contributed by atoms with Crippen LogP contribution in [0, 0.1) is 0 Å². The van der Waals surface area contributed by atoms with Gasteiger partial charge in [0.1, 0.15) is 11.9 Å². The first-order valence-corrected chi connectivity index (χ1v) is 7.76. The van der Waals surface area contributed by atoms with E-state index in [1.165, 1.54) is 0 Å². The molecule has 0 saturated carbocycles. The Kier molecular flexibility index (Phi) is 6.63. The molecule has 2 aromatic carbocycles. The van der Waals surface area contributed by atoms with Gasteiger partial charge in [-0.05, 0) is 30.5 Å². The predicted octanol–water partition coefficient (Wildman–Crippen LogP) is 2.96. The minimum atomic E-state index is -0.479. The molecule has 2 rings (SSSR count). The number of methoxy groups -OCH3 is 1. The summed E-state index contributed by atoms with van der Waals surface area (Å²) in [4.78, 5) is 12.0. The molecule has 0 bridgehead atoms. The van der Waals surface area contributed by atoms with E-state index < -0.39 is 6.10 Å². The Morgan fingerprint density at radius 1 is 1.09 bits per heavy atom. The van der Waals surface area contributed by atoms with Crippen LogP contribution in [-0.4, -0.2) is 25.7 Å². The smallest absolute Gasteiger partial charge is 0.248 e. The molecule has 122 valence electrons. The van der Waals surface area contributed by atoms with Gasteiger partial charge in [0, 0.05) is 6.54 Å². The van der Waals surface area contributed by atoms with Gasteiger partial charge < -0.3 is 14.8 Å². The number of para-hydroxylation sites is 1. The monoisotopic (exact) mass is 313 g/mol. The quantitative estimate of drug-likeness (QED) is 0.815. The molecule has 0 aliphatic carbocycles. The van der Waals surface area contributed by atoms with Crippen LogP contribution in [0.15, 0.2) is 54.6 Å². The third kappa shape index (κ3) is 5.42. The zero-order chi connectivity index (χ0) is 16.5. The van der Waals surface area contributed by atoms with Crippen molar-refractivity contribution in [3.63, 3.8) is 0 Å². The second kappa shape index (κ2) is 8.96. The number of rotatable bonds is 8. The lowest BCUT2D eigenvalue weighted by Crippen LogP contribution is -2.35. The molecule has 0 heterocycles. The van der Waals surface area contributed by atoms with E-state index in [-0.39, 0.29) is 5.91 Å². The second-order valence-electron chi connectivity index (χ2n) is 5.29. The summed E-state index contributed by atoms with van der Waals surface area (Å²) < 4.78 is 10.9. The van der Waals surface area contributed by atoms with Crippen molar-refractivity contribution >= 4 is 5.91 Å². The average molecular weight is 313 g/mol. The van der Waals surface area contributed by atoms with Crippen molar-refractivity contribution in [2.24, 2.45) is 0 Å². The summed E-state index contributed by atoms with van der Waals surface area (Å²) in [6.07, 6.45) is 0.245. The van der Waals surface area contributed by atoms with Crippen LogP contribution in [0.1, 0.15) is 18.1 Å². The SMILES string of the molecule is COc1ccccc1CCNC(=O)C(C)OCc1ccccc1. The Balaban J connectivity index is 1.73. The van der Waals surface area contributed by atoms with Crippen molar-refractivity contribution in [1.29, 1.82) is 0 Å². The minimum absolute atomic E-state index is 0.101. The summed E-state index contributed by atoms with van der Waals surface area (Å²) >= 11 is 0. The largest absolute Gasteiger partial charge is 0.496 e. The first-order chi connectivity index (χ1) is 11.2. The Morgan fingerprint density at radius 3 is 2.52 bits per heavy atom. The van der Waals surface area contributed by atoms with E-state index in [4.69, 9.17) is 9.47 Å². The highest BCUT2D eigenvalue weighted by Gasteiger charge is 2.13. The van der Waals surface area contributed by atoms with E-state index in [0.29, 0.717) is 13.2 Å². The number of carbonyl (C=O) groups excluding carboxylic acids is 1. The lowest BCUT2D eigenvalue weighted by molar-refractivity contribution is -0.132. The van der Waals surface area contributed by atoms with Gasteiger partial charge in [0.05, 0.1) is 13.7 Å². The van der Waals surface area contributed by atoms with E-state index in [0.717, 1.165) is 23.3 Å². The summed E-state index contributed by atoms with van der Waals surface area (Å²) in [5, 5.41) is 2.90. The molecule has 1 unspecified atom stereocenters. The third-order valence-corrected chi connectivity index (χ3v) is 3.60. The highest BCUT2D eigenvalue weighted by molar-refractivity contribution is 5.80. The van der Waals surface area contributed by atoms with Crippen LogP contribution < -0.4 is 10.1 Å². The van der Waals surface area contributed by atoms with Crippen LogP contribution in [0.3, 0.4) is 0 Å². The normalized spacial score (nSPS) is 11.7. The van der Waals surface area contributed by atoms with Crippen LogP contribution >= 0.6 is 0 Å². The van der Waals surface area contributed by atoms with Crippen LogP contribution in [0.25, 0.3) is 0 Å². The fraction of sp³-hybridized carbons (Fsp3) is 0.316. The van der Waals surface area contributed by atoms with Crippen LogP contribution in [0.4, 0.5) is 0 Å². The maximum absolute atomic E-state index is 12.0. The highest BCUT2D eigenvalue weighted by Crippen LogP contribution is 2.17. The van der Waals surface area contributed by atoms with E-state index in [1.807, 2.05) is 54.6 Å². The molecular weight excluding hydrogens is 290 g/mol. The molecule has 2 aromatic rings. The van der Waals surface area contributed by atoms with E-state index in [1.54, 1.807) is 14.0 Å². The first kappa shape index (κ1) is 17.0. The van der Waals surface area contributed by atoms with Gasteiger partial charge in [0.2, 0.25) is 5.91 Å². The fourth-order valence-electron chi connectivity index (χ4n) is 2.24. The molecule has 0 aliphatic rings. The molecule has 23 heavy (non-hydrogen) atoms. The molecule has 0 saturated heterocycles. The van der Waals surface area contributed by atoms with Crippen molar-refractivity contribution < 1.29 is 14.3 Å². The molecule has 1 atom stereocenters. The standard InChI is InChI=1S/C19H23NO3/c1-15(23-14-16-8-4-3-5-9-16)19(21)20-13-12-17-10-6-7-11-18(17)22-2/h3-11,15H,12-14H2,1-2H3,(H,20,21). The zero-order valence-electron chi connectivity index (χ0n) is 13.6. The van der Waals surface area contributed by atoms with Gasteiger partial charge in [-0.2, -0.15) is 0 Å². The lowest BCUT2D eigenvalue weighted by Gasteiger charge is -2.14. The average Bonchev–Trinajstić information content (AvgIpc) is 2.60. The van der Waals surface area contributed by atoms with Crippen molar-refractivity contribution in [2.45, 2.75) is 26.1 Å². The fourth-order valence-corrected chi connectivity index (χ4v) is 2.24. The molecule has 0 fully saturated rings. The number of hydrogen-bond donors (Lipinski definition) is 1. The van der Waals surface area contributed by atoms with Crippen LogP contribution in [-0.2, 0) is 22.6 Å². The molecule has 0 spiro atoms. The summed E-state index contributed by atoms with van der Waals surface area (Å²) in [5.74, 6) is 0.742. The maximum atomic E-state index is 12.0. The number of benzene rings is 2. The molecule has 4 nitrogen and oxygen atoms in total. The van der Waals surface area contributed by atoms with Crippen LogP contribution in [0.5, 0.6) is 5.75 Å². The Morgan fingerprint density at radius 2 is 1.78 bits per heavy atom. The van der Waals surface area contributed by atoms with Gasteiger partial charge >= 0.3 is 0 Å². The molecule has 1 N–H and O–H groups in total. The molecule has 0 aromatic heterocycles. The van der Waals surface area contributed by atoms with E-state index in [2.05, 4.69) is 5.32 Å². The summed E-state index contributed by atoms with van der Waals surface area (Å²) in [7, 11) is 1.65. The molecule has 0 aliphatic heterocycles. The predicted molar refractivity (Wildman–Crippen MR) is 90.4 cm³/mol. The Bertz CT molecular complexity index is 613. The minimum Gasteiger partial charge on any atom is -0.496 e. The summed E-state index contributed by atoms with van der Waals surface area (Å²) in [5.41, 5.74) is 2.13. The van der Waals surface area contributed by atoms with Crippen molar-refractivity contribution in [1.82, 2.24) is 5.32 Å². The summed E-state index contributed by atoms with van der Waals surface area (Å²) in [6.45, 7) is 2.75. The van der Waals surface area contributed by atoms with Gasteiger partial charge in [0.25, 0.3) is 0 Å². The lowest BCUT2D eigenvalue weighted by atomic mass is 10.1. The molecular formula is C19H23NO3. The number of carbonyl (C=O) groups is 1. The zero-order valence-corrected chi connectivity index (χ0v) is 13.6. The van der Waals surface area contributed by atoms with Gasteiger partial charge in [-0.1, -0.05) is 48.5 Å². The topological polar surface area (TPSA) is 47.6 Å². The Hall–Kier alpha value is -2.33. The molecule has 1 amide bonds. The number of amides is 1. The van der Waals surface area contributed by atoms with Crippen molar-refractivity contribution in [2.75, 3.05) is 13.7 Å². The van der Waals surface area contributed by atoms with Gasteiger partial charge in [-0.25, -0.2) is 0 Å². The first-order valence-electron chi connectivity index (χ1n) is 7.76. The number of ether oxygens (including phenoxy) is 2. The van der Waals surface area contributed by atoms with Crippen molar-refractivity contribution in [3.8, 4) is 5.75 Å². The summed E-state index contributed by atoms with van der Waals surface area (Å²) in [6, 6.07) is 17.6. The number of hydrogen-bond acceptors (Lipinski definition) is 3. The van der Waals surface area contributed by atoms with Gasteiger partial charge in [0.15, 0.2) is 0 Å². The Labute approximate surface area is 137 Å². The second-order valence-corrected chi connectivity index (χ2v) is 5.29. The van der Waals surface area contributed by atoms with Gasteiger partial charge in [-0.3, -0.25) is 4.79 Å². The van der Waals surface area contributed by atoms with Crippen LogP contribution in [0.2, 0.25) is 0 Å².